The van der Waals surface area contributed by atoms with Gasteiger partial charge in [-0.2, -0.15) is 0 Å². The van der Waals surface area contributed by atoms with E-state index in [9.17, 15) is 24.3 Å². The number of carbonyl (C=O) groups excluding carboxylic acids is 4. The standard InChI is InChI=1S/C39H33N5O6/c1-3-27(45)41-24-16-7-4-12-21(24)13-10-11-19-40-37(48)39(49)20-28-43-25-17-8-5-14-22(25)29-31-32(36(47)42-35(31)46)30-23-15-6-9-18-26(23)44(34(30)33(29)43)38(39,2)50-28/h3-9,12,14-18,28,49H,1,10-11,13,19-20H2,2H3,(H,40,48)(H,41,45)(H,42,46,47)/t28?,38-,39-/m0/s1. The molecule has 0 aliphatic carbocycles. The van der Waals surface area contributed by atoms with E-state index in [1.807, 2.05) is 81.9 Å². The van der Waals surface area contributed by atoms with E-state index in [-0.39, 0.29) is 17.9 Å². The van der Waals surface area contributed by atoms with E-state index < -0.39 is 35.3 Å². The number of fused-ring (bicyclic) bond motifs is 13. The van der Waals surface area contributed by atoms with Crippen LogP contribution in [0, 0.1) is 0 Å². The van der Waals surface area contributed by atoms with E-state index in [0.717, 1.165) is 34.1 Å². The van der Waals surface area contributed by atoms with Crippen molar-refractivity contribution >= 4 is 72.9 Å². The molecule has 5 heterocycles. The van der Waals surface area contributed by atoms with E-state index in [2.05, 4.69) is 22.5 Å². The van der Waals surface area contributed by atoms with Crippen LogP contribution in [0.15, 0.2) is 85.5 Å². The number of rotatable bonds is 8. The predicted octanol–water partition coefficient (Wildman–Crippen LogP) is 5.39. The number of anilines is 1. The summed E-state index contributed by atoms with van der Waals surface area (Å²) in [7, 11) is 0. The lowest BCUT2D eigenvalue weighted by atomic mass is 9.87. The van der Waals surface area contributed by atoms with Crippen molar-refractivity contribution in [2.45, 2.75) is 50.2 Å². The average molecular weight is 668 g/mol. The van der Waals surface area contributed by atoms with Crippen LogP contribution in [-0.2, 0) is 26.5 Å². The highest BCUT2D eigenvalue weighted by atomic mass is 16.6. The van der Waals surface area contributed by atoms with Gasteiger partial charge in [-0.1, -0.05) is 61.2 Å². The average Bonchev–Trinajstić information content (AvgIpc) is 3.79. The van der Waals surface area contributed by atoms with Gasteiger partial charge in [-0.05, 0) is 56.0 Å². The zero-order valence-electron chi connectivity index (χ0n) is 27.2. The topological polar surface area (TPSA) is 144 Å². The number of nitrogens with zero attached hydrogens (tertiary/aromatic N) is 2. The van der Waals surface area contributed by atoms with E-state index in [1.54, 1.807) is 6.92 Å². The number of hydrogen-bond acceptors (Lipinski definition) is 6. The maximum Gasteiger partial charge on any atom is 0.259 e. The van der Waals surface area contributed by atoms with Crippen LogP contribution >= 0.6 is 0 Å². The lowest BCUT2D eigenvalue weighted by Gasteiger charge is -2.38. The molecule has 50 heavy (non-hydrogen) atoms. The van der Waals surface area contributed by atoms with Gasteiger partial charge in [0.15, 0.2) is 11.3 Å². The molecule has 250 valence electrons. The summed E-state index contributed by atoms with van der Waals surface area (Å²) in [6, 6.07) is 22.7. The number of aromatic nitrogens is 2. The number of amides is 4. The van der Waals surface area contributed by atoms with E-state index >= 15 is 0 Å². The molecule has 6 aromatic rings. The number of unbranched alkanes of at least 4 members (excludes halogenated alkanes) is 1. The Morgan fingerprint density at radius 2 is 1.58 bits per heavy atom. The summed E-state index contributed by atoms with van der Waals surface area (Å²) in [6.45, 7) is 5.56. The fourth-order valence-electron chi connectivity index (χ4n) is 8.50. The molecule has 4 amide bonds. The summed E-state index contributed by atoms with van der Waals surface area (Å²) < 4.78 is 10.7. The van der Waals surface area contributed by atoms with Crippen molar-refractivity contribution in [1.82, 2.24) is 19.8 Å². The number of para-hydroxylation sites is 3. The second kappa shape index (κ2) is 10.6. The van der Waals surface area contributed by atoms with Gasteiger partial charge >= 0.3 is 0 Å². The third kappa shape index (κ3) is 3.87. The molecule has 0 radical (unpaired) electrons. The van der Waals surface area contributed by atoms with Gasteiger partial charge in [-0.25, -0.2) is 0 Å². The SMILES string of the molecule is C=CC(=O)Nc1ccccc1CCCCNC(=O)[C@@]1(O)CC2O[C@]1(C)n1c3ccccc3c3c4c(c5c6ccccc6n2c5c31)C(=O)NC4=O. The molecule has 3 atom stereocenters. The first-order valence-electron chi connectivity index (χ1n) is 16.8. The normalized spacial score (nSPS) is 22.0. The van der Waals surface area contributed by atoms with Gasteiger partial charge in [0.1, 0.15) is 6.23 Å². The van der Waals surface area contributed by atoms with Crippen molar-refractivity contribution in [3.63, 3.8) is 0 Å². The molecule has 1 unspecified atom stereocenters. The van der Waals surface area contributed by atoms with Gasteiger partial charge in [0.25, 0.3) is 17.7 Å². The number of hydrogen-bond donors (Lipinski definition) is 4. The Bertz CT molecular complexity index is 2530. The predicted molar refractivity (Wildman–Crippen MR) is 189 cm³/mol. The van der Waals surface area contributed by atoms with Gasteiger partial charge < -0.3 is 29.6 Å². The molecule has 4 aromatic carbocycles. The van der Waals surface area contributed by atoms with Crippen molar-refractivity contribution in [2.75, 3.05) is 11.9 Å². The number of benzene rings is 4. The highest BCUT2D eigenvalue weighted by Crippen LogP contribution is 2.57. The first-order chi connectivity index (χ1) is 24.2. The number of ether oxygens (including phenoxy) is 1. The van der Waals surface area contributed by atoms with E-state index in [4.69, 9.17) is 4.74 Å². The summed E-state index contributed by atoms with van der Waals surface area (Å²) >= 11 is 0. The molecule has 11 heteroatoms. The van der Waals surface area contributed by atoms with Crippen LogP contribution in [0.4, 0.5) is 5.69 Å². The van der Waals surface area contributed by atoms with Gasteiger partial charge in [-0.15, -0.1) is 0 Å². The van der Waals surface area contributed by atoms with Crippen LogP contribution in [0.5, 0.6) is 0 Å². The van der Waals surface area contributed by atoms with Crippen LogP contribution < -0.4 is 16.0 Å². The Morgan fingerprint density at radius 1 is 0.940 bits per heavy atom. The molecule has 9 rings (SSSR count). The molecule has 0 saturated carbocycles. The highest BCUT2D eigenvalue weighted by Gasteiger charge is 2.65. The van der Waals surface area contributed by atoms with Gasteiger partial charge in [-0.3, -0.25) is 24.5 Å². The lowest BCUT2D eigenvalue weighted by molar-refractivity contribution is -0.187. The fraction of sp³-hybridized carbons (Fsp3) is 0.231. The molecule has 11 nitrogen and oxygen atoms in total. The summed E-state index contributed by atoms with van der Waals surface area (Å²) in [5.41, 5.74) is 1.49. The molecule has 1 fully saturated rings. The molecule has 3 aliphatic rings. The van der Waals surface area contributed by atoms with Gasteiger partial charge in [0.05, 0.1) is 33.2 Å². The van der Waals surface area contributed by atoms with Crippen molar-refractivity contribution in [1.29, 1.82) is 0 Å². The first-order valence-corrected chi connectivity index (χ1v) is 16.8. The number of aryl methyl sites for hydroxylation is 1. The van der Waals surface area contributed by atoms with Crippen LogP contribution in [0.1, 0.15) is 58.7 Å². The molecular weight excluding hydrogens is 634 g/mol. The molecule has 0 spiro atoms. The Balaban J connectivity index is 1.12. The van der Waals surface area contributed by atoms with Gasteiger partial charge in [0.2, 0.25) is 5.91 Å². The smallest absolute Gasteiger partial charge is 0.259 e. The third-order valence-electron chi connectivity index (χ3n) is 10.8. The second-order valence-corrected chi connectivity index (χ2v) is 13.4. The lowest BCUT2D eigenvalue weighted by Crippen LogP contribution is -2.59. The summed E-state index contributed by atoms with van der Waals surface area (Å²) in [4.78, 5) is 53.1. The monoisotopic (exact) mass is 667 g/mol. The van der Waals surface area contributed by atoms with Crippen LogP contribution in [0.25, 0.3) is 43.6 Å². The number of aliphatic hydroxyl groups is 1. The zero-order valence-corrected chi connectivity index (χ0v) is 27.2. The first kappa shape index (κ1) is 30.3. The van der Waals surface area contributed by atoms with Crippen LogP contribution in [-0.4, -0.2) is 50.0 Å². The number of nitrogens with one attached hydrogen (secondary N) is 3. The van der Waals surface area contributed by atoms with Crippen LogP contribution in [0.2, 0.25) is 0 Å². The van der Waals surface area contributed by atoms with Crippen LogP contribution in [0.3, 0.4) is 0 Å². The van der Waals surface area contributed by atoms with E-state index in [0.29, 0.717) is 52.1 Å². The van der Waals surface area contributed by atoms with Crippen molar-refractivity contribution in [2.24, 2.45) is 0 Å². The minimum absolute atomic E-state index is 0.0465. The molecule has 2 aromatic heterocycles. The minimum atomic E-state index is -2.01. The molecule has 3 aliphatic heterocycles. The Kier molecular flexibility index (Phi) is 6.43. The third-order valence-corrected chi connectivity index (χ3v) is 10.8. The molecule has 1 saturated heterocycles. The molecule has 2 bridgehead atoms. The quantitative estimate of drug-likeness (QED) is 0.0975. The van der Waals surface area contributed by atoms with Gasteiger partial charge in [0, 0.05) is 40.2 Å². The van der Waals surface area contributed by atoms with E-state index in [1.165, 1.54) is 6.08 Å². The maximum absolute atomic E-state index is 14.3. The largest absolute Gasteiger partial charge is 0.376 e. The van der Waals surface area contributed by atoms with Crippen molar-refractivity contribution in [3.8, 4) is 0 Å². The summed E-state index contributed by atoms with van der Waals surface area (Å²) in [6.07, 6.45) is 2.45. The zero-order chi connectivity index (χ0) is 34.5. The Hall–Kier alpha value is -5.78. The molecular formula is C39H33N5O6. The maximum atomic E-state index is 14.3. The number of carbonyl (C=O) groups is 4. The Labute approximate surface area is 285 Å². The fourth-order valence-corrected chi connectivity index (χ4v) is 8.50. The molecule has 4 N–H and O–H groups in total. The summed E-state index contributed by atoms with van der Waals surface area (Å²) in [5.74, 6) is -1.77. The Morgan fingerprint density at radius 3 is 2.32 bits per heavy atom. The second-order valence-electron chi connectivity index (χ2n) is 13.4. The van der Waals surface area contributed by atoms with Crippen molar-refractivity contribution in [3.05, 3.63) is 102 Å². The summed E-state index contributed by atoms with van der Waals surface area (Å²) in [5, 5.41) is 23.7. The highest BCUT2D eigenvalue weighted by molar-refractivity contribution is 6.39. The van der Waals surface area contributed by atoms with Crippen molar-refractivity contribution < 1.29 is 29.0 Å². The minimum Gasteiger partial charge on any atom is -0.376 e. The number of imide groups is 1.